The molecule has 1 N–H and O–H groups in total. The van der Waals surface area contributed by atoms with Gasteiger partial charge < -0.3 is 14.2 Å². The quantitative estimate of drug-likeness (QED) is 0.336. The number of carbonyl (C=O) groups is 1. The number of thiol groups is 1. The summed E-state index contributed by atoms with van der Waals surface area (Å²) < 4.78 is 4.87. The van der Waals surface area contributed by atoms with Crippen LogP contribution in [0, 0.1) is 16.7 Å². The van der Waals surface area contributed by atoms with Gasteiger partial charge in [0.05, 0.1) is 23.8 Å². The van der Waals surface area contributed by atoms with Crippen LogP contribution < -0.4 is 4.90 Å². The first-order valence-corrected chi connectivity index (χ1v) is 11.0. The van der Waals surface area contributed by atoms with Gasteiger partial charge in [-0.05, 0) is 84.2 Å². The first-order chi connectivity index (χ1) is 13.7. The normalized spacial score (nSPS) is 16.5. The molecule has 0 saturated heterocycles. The summed E-state index contributed by atoms with van der Waals surface area (Å²) in [7, 11) is 1.91. The molecule has 0 unspecified atom stereocenters. The molecule has 1 aromatic carbocycles. The third kappa shape index (κ3) is 6.05. The second kappa shape index (κ2) is 10.2. The number of anilines is 1. The standard InChI is InChI=1S/C22H28N2O3S2/c1-22(2)8-7-20(29-4)18(13-22)17(21(25)26)12-16-11-15(14-23)5-6-19(16)24(3)9-10-27-28/h5-6,11-12,28H,7-10,13H2,1-4H3,(H,25,26)/b17-12-. The molecule has 5 nitrogen and oxygen atoms in total. The fourth-order valence-electron chi connectivity index (χ4n) is 3.56. The molecule has 0 aromatic heterocycles. The van der Waals surface area contributed by atoms with Crippen LogP contribution in [0.4, 0.5) is 5.69 Å². The molecule has 0 spiro atoms. The Hall–Kier alpha value is -1.88. The van der Waals surface area contributed by atoms with Crippen LogP contribution in [0.5, 0.6) is 0 Å². The van der Waals surface area contributed by atoms with Crippen molar-refractivity contribution in [3.05, 3.63) is 45.4 Å². The van der Waals surface area contributed by atoms with E-state index in [4.69, 9.17) is 4.18 Å². The maximum Gasteiger partial charge on any atom is 0.336 e. The minimum atomic E-state index is -0.945. The third-order valence-electron chi connectivity index (χ3n) is 5.21. The molecule has 0 fully saturated rings. The van der Waals surface area contributed by atoms with Gasteiger partial charge in [0.2, 0.25) is 0 Å². The maximum absolute atomic E-state index is 12.3. The average molecular weight is 433 g/mol. The minimum absolute atomic E-state index is 0.0567. The van der Waals surface area contributed by atoms with E-state index >= 15 is 0 Å². The highest BCUT2D eigenvalue weighted by Crippen LogP contribution is 2.45. The van der Waals surface area contributed by atoms with Crippen molar-refractivity contribution in [2.24, 2.45) is 5.41 Å². The van der Waals surface area contributed by atoms with E-state index in [1.165, 1.54) is 0 Å². The highest BCUT2D eigenvalue weighted by atomic mass is 32.2. The van der Waals surface area contributed by atoms with Crippen LogP contribution in [0.15, 0.2) is 34.3 Å². The molecule has 156 valence electrons. The number of benzene rings is 1. The highest BCUT2D eigenvalue weighted by molar-refractivity contribution is 8.02. The van der Waals surface area contributed by atoms with E-state index < -0.39 is 5.97 Å². The van der Waals surface area contributed by atoms with Crippen LogP contribution in [0.1, 0.15) is 44.2 Å². The van der Waals surface area contributed by atoms with Crippen LogP contribution in [-0.4, -0.2) is 37.5 Å². The Morgan fingerprint density at radius 1 is 1.48 bits per heavy atom. The van der Waals surface area contributed by atoms with E-state index in [0.29, 0.717) is 29.9 Å². The molecule has 1 aliphatic carbocycles. The molecule has 0 bridgehead atoms. The van der Waals surface area contributed by atoms with Crippen LogP contribution in [0.3, 0.4) is 0 Å². The summed E-state index contributed by atoms with van der Waals surface area (Å²) in [5.74, 6) is -0.945. The zero-order valence-corrected chi connectivity index (χ0v) is 19.1. The number of nitriles is 1. The van der Waals surface area contributed by atoms with E-state index in [1.54, 1.807) is 30.0 Å². The molecule has 1 aliphatic rings. The lowest BCUT2D eigenvalue weighted by Crippen LogP contribution is -2.23. The first-order valence-electron chi connectivity index (χ1n) is 9.45. The fourth-order valence-corrected chi connectivity index (χ4v) is 4.37. The number of likely N-dealkylation sites (N-methyl/N-ethyl adjacent to an activating group) is 1. The van der Waals surface area contributed by atoms with Gasteiger partial charge in [-0.1, -0.05) is 13.8 Å². The minimum Gasteiger partial charge on any atom is -0.478 e. The largest absolute Gasteiger partial charge is 0.478 e. The maximum atomic E-state index is 12.3. The topological polar surface area (TPSA) is 73.6 Å². The van der Waals surface area contributed by atoms with Gasteiger partial charge in [-0.2, -0.15) is 5.26 Å². The van der Waals surface area contributed by atoms with Crippen LogP contribution in [0.2, 0.25) is 0 Å². The Labute approximate surface area is 183 Å². The lowest BCUT2D eigenvalue weighted by molar-refractivity contribution is -0.132. The van der Waals surface area contributed by atoms with Gasteiger partial charge in [0.1, 0.15) is 0 Å². The first kappa shape index (κ1) is 23.4. The summed E-state index contributed by atoms with van der Waals surface area (Å²) in [6, 6.07) is 7.47. The molecule has 7 heteroatoms. The van der Waals surface area contributed by atoms with Gasteiger partial charge in [-0.15, -0.1) is 11.8 Å². The van der Waals surface area contributed by atoms with Crippen LogP contribution in [-0.2, 0) is 8.98 Å². The summed E-state index contributed by atoms with van der Waals surface area (Å²) in [5.41, 5.74) is 3.30. The summed E-state index contributed by atoms with van der Waals surface area (Å²) in [4.78, 5) is 15.4. The summed E-state index contributed by atoms with van der Waals surface area (Å²) in [6.45, 7) is 5.36. The number of carboxylic acids is 1. The second-order valence-electron chi connectivity index (χ2n) is 7.95. The molecular formula is C22H28N2O3S2. The number of aliphatic carboxylic acids is 1. The molecule has 0 atom stereocenters. The second-order valence-corrected chi connectivity index (χ2v) is 9.11. The Morgan fingerprint density at radius 2 is 2.21 bits per heavy atom. The van der Waals surface area contributed by atoms with Gasteiger partial charge in [0, 0.05) is 19.3 Å². The van der Waals surface area contributed by atoms with Crippen molar-refractivity contribution in [2.75, 3.05) is 31.4 Å². The number of hydrogen-bond acceptors (Lipinski definition) is 6. The Morgan fingerprint density at radius 3 is 2.79 bits per heavy atom. The number of carboxylic acid groups (broad SMARTS) is 1. The molecule has 1 aromatic rings. The van der Waals surface area contributed by atoms with E-state index in [2.05, 4.69) is 32.8 Å². The molecule has 29 heavy (non-hydrogen) atoms. The lowest BCUT2D eigenvalue weighted by atomic mass is 9.75. The van der Waals surface area contributed by atoms with Crippen molar-refractivity contribution in [2.45, 2.75) is 33.1 Å². The SMILES string of the molecule is CSC1=C(/C(=C/c2cc(C#N)ccc2N(C)CCOS)C(=O)O)CC(C)(C)CC1. The van der Waals surface area contributed by atoms with Crippen molar-refractivity contribution in [1.82, 2.24) is 0 Å². The fraction of sp³-hybridized carbons (Fsp3) is 0.455. The van der Waals surface area contributed by atoms with Crippen molar-refractivity contribution < 1.29 is 14.1 Å². The monoisotopic (exact) mass is 432 g/mol. The zero-order valence-electron chi connectivity index (χ0n) is 17.4. The predicted molar refractivity (Wildman–Crippen MR) is 123 cm³/mol. The summed E-state index contributed by atoms with van der Waals surface area (Å²) in [5, 5.41) is 19.4. The van der Waals surface area contributed by atoms with E-state index in [9.17, 15) is 15.2 Å². The van der Waals surface area contributed by atoms with Gasteiger partial charge >= 0.3 is 5.97 Å². The van der Waals surface area contributed by atoms with Gasteiger partial charge in [-0.3, -0.25) is 0 Å². The number of hydrogen-bond donors (Lipinski definition) is 2. The Balaban J connectivity index is 2.61. The molecule has 0 saturated carbocycles. The van der Waals surface area contributed by atoms with Crippen molar-refractivity contribution in [3.8, 4) is 6.07 Å². The number of nitrogens with zero attached hydrogens (tertiary/aromatic N) is 2. The van der Waals surface area contributed by atoms with Crippen molar-refractivity contribution >= 4 is 42.4 Å². The van der Waals surface area contributed by atoms with Gasteiger partial charge in [0.15, 0.2) is 0 Å². The van der Waals surface area contributed by atoms with E-state index in [-0.39, 0.29) is 5.41 Å². The Bertz CT molecular complexity index is 869. The third-order valence-corrected chi connectivity index (χ3v) is 6.33. The number of thioether (sulfide) groups is 1. The summed E-state index contributed by atoms with van der Waals surface area (Å²) >= 11 is 5.41. The van der Waals surface area contributed by atoms with Crippen LogP contribution >= 0.6 is 24.7 Å². The zero-order chi connectivity index (χ0) is 21.6. The van der Waals surface area contributed by atoms with E-state index in [1.807, 2.05) is 24.3 Å². The van der Waals surface area contributed by atoms with Gasteiger partial charge in [-0.25, -0.2) is 4.79 Å². The number of rotatable bonds is 8. The smallest absolute Gasteiger partial charge is 0.336 e. The summed E-state index contributed by atoms with van der Waals surface area (Å²) in [6.07, 6.45) is 6.36. The average Bonchev–Trinajstić information content (AvgIpc) is 2.69. The highest BCUT2D eigenvalue weighted by Gasteiger charge is 2.30. The van der Waals surface area contributed by atoms with Crippen molar-refractivity contribution in [1.29, 1.82) is 5.26 Å². The molecule has 0 heterocycles. The molecular weight excluding hydrogens is 404 g/mol. The molecule has 0 aliphatic heterocycles. The van der Waals surface area contributed by atoms with Gasteiger partial charge in [0.25, 0.3) is 0 Å². The molecule has 0 radical (unpaired) electrons. The molecule has 0 amide bonds. The number of allylic oxidation sites excluding steroid dienone is 1. The Kier molecular flexibility index (Phi) is 8.26. The predicted octanol–water partition coefficient (Wildman–Crippen LogP) is 5.15. The van der Waals surface area contributed by atoms with Crippen LogP contribution in [0.25, 0.3) is 6.08 Å². The van der Waals surface area contributed by atoms with Crippen molar-refractivity contribution in [3.63, 3.8) is 0 Å². The lowest BCUT2D eigenvalue weighted by Gasteiger charge is -2.33. The molecule has 2 rings (SSSR count). The van der Waals surface area contributed by atoms with E-state index in [0.717, 1.165) is 35.4 Å².